The molecule has 12 heteroatoms. The van der Waals surface area contributed by atoms with Gasteiger partial charge in [-0.15, -0.1) is 0 Å². The van der Waals surface area contributed by atoms with E-state index in [0.29, 0.717) is 10.0 Å². The van der Waals surface area contributed by atoms with Gasteiger partial charge in [-0.25, -0.2) is 4.79 Å². The van der Waals surface area contributed by atoms with Gasteiger partial charge in [0.05, 0.1) is 26.5 Å². The van der Waals surface area contributed by atoms with E-state index in [9.17, 15) is 22.8 Å². The molecule has 0 saturated heterocycles. The second-order valence-electron chi connectivity index (χ2n) is 8.60. The fourth-order valence-electron chi connectivity index (χ4n) is 2.94. The third-order valence-electron chi connectivity index (χ3n) is 4.52. The molecular weight excluding hydrogens is 608 g/mol. The molecule has 196 valence electrons. The van der Waals surface area contributed by atoms with Crippen LogP contribution in [-0.4, -0.2) is 36.9 Å². The van der Waals surface area contributed by atoms with Gasteiger partial charge in [0.2, 0.25) is 0 Å². The highest BCUT2D eigenvalue weighted by molar-refractivity contribution is 9.10. The van der Waals surface area contributed by atoms with Crippen molar-refractivity contribution in [1.29, 1.82) is 0 Å². The maximum Gasteiger partial charge on any atom is 0.407 e. The Kier molecular flexibility index (Phi) is 10.5. The molecule has 0 aliphatic carbocycles. The molecule has 0 bridgehead atoms. The number of carbonyl (C=O) groups excluding carboxylic acids is 2. The fourth-order valence-corrected chi connectivity index (χ4v) is 4.13. The maximum atomic E-state index is 13.7. The molecule has 2 amide bonds. The summed E-state index contributed by atoms with van der Waals surface area (Å²) in [5.74, 6) is -2.41. The third-order valence-corrected chi connectivity index (χ3v) is 6.37. The van der Waals surface area contributed by atoms with Gasteiger partial charge in [-0.1, -0.05) is 53.0 Å². The molecule has 0 heterocycles. The number of alkyl halides is 3. The van der Waals surface area contributed by atoms with E-state index in [1.165, 1.54) is 24.3 Å². The number of rotatable bonds is 7. The Labute approximate surface area is 230 Å². The number of alkyl carbamates (subject to hydrolysis) is 1. The molecule has 0 spiro atoms. The number of halogens is 7. The summed E-state index contributed by atoms with van der Waals surface area (Å²) in [5, 5.41) is 4.98. The van der Waals surface area contributed by atoms with Crippen molar-refractivity contribution in [1.82, 2.24) is 10.6 Å². The van der Waals surface area contributed by atoms with Gasteiger partial charge in [0, 0.05) is 17.6 Å². The molecule has 2 aromatic carbocycles. The van der Waals surface area contributed by atoms with E-state index in [0.717, 1.165) is 18.2 Å². The van der Waals surface area contributed by atoms with Gasteiger partial charge in [-0.05, 0) is 72.1 Å². The minimum absolute atomic E-state index is 0.0228. The third kappa shape index (κ3) is 9.18. The van der Waals surface area contributed by atoms with Crippen molar-refractivity contribution >= 4 is 68.8 Å². The molecule has 0 radical (unpaired) electrons. The van der Waals surface area contributed by atoms with Gasteiger partial charge >= 0.3 is 12.3 Å². The molecule has 1 atom stereocenters. The first kappa shape index (κ1) is 30.3. The number of hydrogen-bond donors (Lipinski definition) is 2. The lowest BCUT2D eigenvalue weighted by molar-refractivity contribution is -0.139. The fraction of sp³-hybridized carbons (Fsp3) is 0.333. The number of benzene rings is 2. The predicted octanol–water partition coefficient (Wildman–Crippen LogP) is 8.02. The van der Waals surface area contributed by atoms with Crippen molar-refractivity contribution in [2.24, 2.45) is 0 Å². The van der Waals surface area contributed by atoms with E-state index in [4.69, 9.17) is 39.5 Å². The smallest absolute Gasteiger partial charge is 0.407 e. The Morgan fingerprint density at radius 1 is 1.03 bits per heavy atom. The van der Waals surface area contributed by atoms with Crippen LogP contribution in [0.2, 0.25) is 15.1 Å². The van der Waals surface area contributed by atoms with Crippen molar-refractivity contribution in [2.75, 3.05) is 13.1 Å². The highest BCUT2D eigenvalue weighted by Crippen LogP contribution is 2.41. The monoisotopic (exact) mass is 628 g/mol. The minimum atomic E-state index is -4.61. The Morgan fingerprint density at radius 2 is 1.61 bits per heavy atom. The Morgan fingerprint density at radius 3 is 2.14 bits per heavy atom. The normalized spacial score (nSPS) is 12.9. The molecule has 5 nitrogen and oxygen atoms in total. The summed E-state index contributed by atoms with van der Waals surface area (Å²) in [6.45, 7) is 5.49. The van der Waals surface area contributed by atoms with Crippen molar-refractivity contribution in [3.8, 4) is 0 Å². The summed E-state index contributed by atoms with van der Waals surface area (Å²) >= 11 is 20.9. The van der Waals surface area contributed by atoms with Crippen LogP contribution in [0, 0.1) is 0 Å². The first-order valence-electron chi connectivity index (χ1n) is 10.5. The summed E-state index contributed by atoms with van der Waals surface area (Å²) in [4.78, 5) is 24.1. The number of allylic oxidation sites excluding steroid dienone is 1. The molecule has 1 unspecified atom stereocenters. The van der Waals surface area contributed by atoms with Crippen molar-refractivity contribution in [3.63, 3.8) is 0 Å². The van der Waals surface area contributed by atoms with E-state index in [1.54, 1.807) is 20.8 Å². The first-order valence-corrected chi connectivity index (χ1v) is 12.4. The molecule has 2 aromatic rings. The average Bonchev–Trinajstić information content (AvgIpc) is 2.73. The highest BCUT2D eigenvalue weighted by Gasteiger charge is 2.39. The standard InChI is InChI=1S/C24H23BrCl3F3N2O3/c1-23(2,3)36-22(35)33-9-8-32-21(34)15-6-4-13(10-17(15)25)5-7-16(24(29,30)31)14-11-18(26)20(28)19(27)12-14/h4-7,10-12,16H,8-9H2,1-3H3,(H,32,34)(H,33,35). The van der Waals surface area contributed by atoms with E-state index in [1.807, 2.05) is 0 Å². The molecule has 0 aromatic heterocycles. The number of nitrogens with one attached hydrogen (secondary N) is 2. The van der Waals surface area contributed by atoms with Crippen molar-refractivity contribution in [3.05, 3.63) is 72.6 Å². The van der Waals surface area contributed by atoms with E-state index >= 15 is 0 Å². The maximum absolute atomic E-state index is 13.7. The van der Waals surface area contributed by atoms with Gasteiger partial charge in [-0.2, -0.15) is 13.2 Å². The quantitative estimate of drug-likeness (QED) is 0.241. The molecule has 0 aliphatic rings. The molecule has 2 rings (SSSR count). The summed E-state index contributed by atoms with van der Waals surface area (Å²) in [5.41, 5.74) is -0.102. The Hall–Kier alpha value is -1.94. The molecular formula is C24H23BrCl3F3N2O3. The highest BCUT2D eigenvalue weighted by atomic mass is 79.9. The topological polar surface area (TPSA) is 67.4 Å². The van der Waals surface area contributed by atoms with Gasteiger partial charge in [0.15, 0.2) is 0 Å². The summed E-state index contributed by atoms with van der Waals surface area (Å²) < 4.78 is 46.7. The number of hydrogen-bond acceptors (Lipinski definition) is 3. The molecule has 0 aliphatic heterocycles. The zero-order valence-electron chi connectivity index (χ0n) is 19.4. The summed E-state index contributed by atoms with van der Waals surface area (Å²) in [6.07, 6.45) is -2.96. The van der Waals surface area contributed by atoms with Crippen LogP contribution in [-0.2, 0) is 4.74 Å². The molecule has 2 N–H and O–H groups in total. The predicted molar refractivity (Wildman–Crippen MR) is 140 cm³/mol. The van der Waals surface area contributed by atoms with Crippen LogP contribution in [0.4, 0.5) is 18.0 Å². The van der Waals surface area contributed by atoms with Crippen LogP contribution >= 0.6 is 50.7 Å². The lowest BCUT2D eigenvalue weighted by Gasteiger charge is -2.19. The lowest BCUT2D eigenvalue weighted by atomic mass is 9.97. The van der Waals surface area contributed by atoms with Crippen LogP contribution in [0.15, 0.2) is 40.9 Å². The second kappa shape index (κ2) is 12.5. The van der Waals surface area contributed by atoms with E-state index in [-0.39, 0.29) is 39.3 Å². The molecule has 0 saturated carbocycles. The van der Waals surface area contributed by atoms with Crippen LogP contribution in [0.5, 0.6) is 0 Å². The Balaban J connectivity index is 2.08. The first-order chi connectivity index (χ1) is 16.6. The van der Waals surface area contributed by atoms with Crippen molar-refractivity contribution < 1.29 is 27.5 Å². The average molecular weight is 631 g/mol. The van der Waals surface area contributed by atoms with Crippen LogP contribution in [0.1, 0.15) is 48.2 Å². The van der Waals surface area contributed by atoms with Crippen LogP contribution in [0.25, 0.3) is 6.08 Å². The number of carbonyl (C=O) groups is 2. The zero-order valence-corrected chi connectivity index (χ0v) is 23.3. The zero-order chi connectivity index (χ0) is 27.3. The SMILES string of the molecule is CC(C)(C)OC(=O)NCCNC(=O)c1ccc(C=CC(c2cc(Cl)c(Cl)c(Cl)c2)C(F)(F)F)cc1Br. The largest absolute Gasteiger partial charge is 0.444 e. The molecule has 0 fully saturated rings. The summed E-state index contributed by atoms with van der Waals surface area (Å²) in [7, 11) is 0. The van der Waals surface area contributed by atoms with Gasteiger partial charge in [-0.3, -0.25) is 4.79 Å². The second-order valence-corrected chi connectivity index (χ2v) is 10.6. The summed E-state index contributed by atoms with van der Waals surface area (Å²) in [6, 6.07) is 6.74. The van der Waals surface area contributed by atoms with Crippen LogP contribution < -0.4 is 10.6 Å². The van der Waals surface area contributed by atoms with Gasteiger partial charge < -0.3 is 15.4 Å². The minimum Gasteiger partial charge on any atom is -0.444 e. The molecule has 36 heavy (non-hydrogen) atoms. The lowest BCUT2D eigenvalue weighted by Crippen LogP contribution is -2.37. The van der Waals surface area contributed by atoms with Gasteiger partial charge in [0.1, 0.15) is 5.60 Å². The van der Waals surface area contributed by atoms with Crippen molar-refractivity contribution in [2.45, 2.75) is 38.5 Å². The Bertz CT molecular complexity index is 1130. The van der Waals surface area contributed by atoms with E-state index < -0.39 is 29.7 Å². The van der Waals surface area contributed by atoms with Gasteiger partial charge in [0.25, 0.3) is 5.91 Å². The number of amides is 2. The number of ether oxygens (including phenoxy) is 1. The van der Waals surface area contributed by atoms with E-state index in [2.05, 4.69) is 26.6 Å². The van der Waals surface area contributed by atoms with Crippen LogP contribution in [0.3, 0.4) is 0 Å².